The summed E-state index contributed by atoms with van der Waals surface area (Å²) in [7, 11) is 3.09. The zero-order valence-corrected chi connectivity index (χ0v) is 14.7. The molecule has 138 valence electrons. The summed E-state index contributed by atoms with van der Waals surface area (Å²) in [6, 6.07) is 3.07. The molecule has 0 amide bonds. The quantitative estimate of drug-likeness (QED) is 0.678. The highest BCUT2D eigenvalue weighted by Gasteiger charge is 2.29. The highest BCUT2D eigenvalue weighted by molar-refractivity contribution is 5.52. The van der Waals surface area contributed by atoms with Crippen molar-refractivity contribution < 1.29 is 14.6 Å². The maximum atomic E-state index is 12.5. The average molecular weight is 359 g/mol. The van der Waals surface area contributed by atoms with Crippen LogP contribution in [0.4, 0.5) is 0 Å². The lowest BCUT2D eigenvalue weighted by atomic mass is 9.90. The number of H-pyrrole nitrogens is 1. The number of hydrogen-bond donors (Lipinski definition) is 3. The molecule has 2 aromatic rings. The summed E-state index contributed by atoms with van der Waals surface area (Å²) in [6.45, 7) is 4.26. The molecule has 1 aromatic carbocycles. The maximum absolute atomic E-state index is 12.5. The molecule has 0 saturated carbocycles. The second kappa shape index (κ2) is 7.09. The monoisotopic (exact) mass is 359 g/mol. The first-order chi connectivity index (χ1) is 12.5. The summed E-state index contributed by atoms with van der Waals surface area (Å²) in [5.41, 5.74) is 0.539. The van der Waals surface area contributed by atoms with Crippen molar-refractivity contribution in [3.63, 3.8) is 0 Å². The van der Waals surface area contributed by atoms with Gasteiger partial charge in [0, 0.05) is 13.1 Å². The van der Waals surface area contributed by atoms with Gasteiger partial charge in [0.15, 0.2) is 11.5 Å². The van der Waals surface area contributed by atoms with Crippen LogP contribution in [0.15, 0.2) is 34.4 Å². The average Bonchev–Trinajstić information content (AvgIpc) is 2.64. The van der Waals surface area contributed by atoms with Gasteiger partial charge in [-0.25, -0.2) is 4.79 Å². The SMILES string of the molecule is C=CCn1c(O)c(C2NCCc3cc(OC)c(OC)cc32)c(=O)[nH]c1=O. The molecule has 8 heteroatoms. The molecule has 0 saturated heterocycles. The number of fused-ring (bicyclic) bond motifs is 1. The van der Waals surface area contributed by atoms with Crippen LogP contribution in [0.25, 0.3) is 0 Å². The summed E-state index contributed by atoms with van der Waals surface area (Å²) in [4.78, 5) is 26.7. The van der Waals surface area contributed by atoms with Gasteiger partial charge in [-0.15, -0.1) is 6.58 Å². The summed E-state index contributed by atoms with van der Waals surface area (Å²) in [5.74, 6) is 0.746. The third-order valence-electron chi connectivity index (χ3n) is 4.51. The van der Waals surface area contributed by atoms with E-state index in [1.54, 1.807) is 13.2 Å². The van der Waals surface area contributed by atoms with Gasteiger partial charge in [0.05, 0.1) is 25.8 Å². The Labute approximate surface area is 149 Å². The Morgan fingerprint density at radius 3 is 2.65 bits per heavy atom. The zero-order valence-electron chi connectivity index (χ0n) is 14.7. The fourth-order valence-corrected chi connectivity index (χ4v) is 3.27. The molecule has 0 aliphatic carbocycles. The van der Waals surface area contributed by atoms with Crippen molar-refractivity contribution in [1.29, 1.82) is 0 Å². The Morgan fingerprint density at radius 2 is 2.00 bits per heavy atom. The minimum Gasteiger partial charge on any atom is -0.494 e. The van der Waals surface area contributed by atoms with Gasteiger partial charge in [0.25, 0.3) is 5.56 Å². The Morgan fingerprint density at radius 1 is 1.31 bits per heavy atom. The Balaban J connectivity index is 2.22. The molecule has 0 bridgehead atoms. The van der Waals surface area contributed by atoms with Crippen LogP contribution in [-0.4, -0.2) is 35.4 Å². The van der Waals surface area contributed by atoms with Crippen LogP contribution in [0.1, 0.15) is 22.7 Å². The summed E-state index contributed by atoms with van der Waals surface area (Å²) < 4.78 is 11.8. The molecule has 1 aromatic heterocycles. The summed E-state index contributed by atoms with van der Waals surface area (Å²) in [6.07, 6.45) is 2.20. The van der Waals surface area contributed by atoms with Gasteiger partial charge in [0.1, 0.15) is 0 Å². The molecule has 0 radical (unpaired) electrons. The molecule has 1 unspecified atom stereocenters. The first kappa shape index (κ1) is 17.8. The van der Waals surface area contributed by atoms with Crippen LogP contribution >= 0.6 is 0 Å². The predicted octanol–water partition coefficient (Wildman–Crippen LogP) is 0.680. The van der Waals surface area contributed by atoms with E-state index >= 15 is 0 Å². The number of nitrogens with zero attached hydrogens (tertiary/aromatic N) is 1. The van der Waals surface area contributed by atoms with E-state index in [9.17, 15) is 14.7 Å². The van der Waals surface area contributed by atoms with Crippen molar-refractivity contribution in [3.8, 4) is 17.4 Å². The lowest BCUT2D eigenvalue weighted by molar-refractivity contribution is 0.352. The van der Waals surface area contributed by atoms with Gasteiger partial charge in [-0.1, -0.05) is 6.08 Å². The molecule has 1 aliphatic heterocycles. The minimum atomic E-state index is -0.681. The summed E-state index contributed by atoms with van der Waals surface area (Å²) in [5, 5.41) is 13.8. The highest BCUT2D eigenvalue weighted by Crippen LogP contribution is 2.38. The van der Waals surface area contributed by atoms with Crippen LogP contribution in [0.5, 0.6) is 17.4 Å². The van der Waals surface area contributed by atoms with Crippen molar-refractivity contribution in [2.75, 3.05) is 20.8 Å². The highest BCUT2D eigenvalue weighted by atomic mass is 16.5. The number of aromatic hydroxyl groups is 1. The van der Waals surface area contributed by atoms with Crippen LogP contribution in [0.2, 0.25) is 0 Å². The molecular weight excluding hydrogens is 338 g/mol. The number of nitrogens with one attached hydrogen (secondary N) is 2. The molecule has 2 heterocycles. The van der Waals surface area contributed by atoms with E-state index in [0.29, 0.717) is 18.0 Å². The molecule has 8 nitrogen and oxygen atoms in total. The van der Waals surface area contributed by atoms with Crippen molar-refractivity contribution in [3.05, 3.63) is 62.3 Å². The number of aromatic amines is 1. The lowest BCUT2D eigenvalue weighted by Gasteiger charge is -2.28. The zero-order chi connectivity index (χ0) is 18.8. The molecule has 0 spiro atoms. The minimum absolute atomic E-state index is 0.0830. The Hall–Kier alpha value is -3.00. The van der Waals surface area contributed by atoms with Crippen LogP contribution < -0.4 is 26.0 Å². The van der Waals surface area contributed by atoms with Gasteiger partial charge in [0.2, 0.25) is 5.88 Å². The molecule has 1 aliphatic rings. The van der Waals surface area contributed by atoms with E-state index in [0.717, 1.165) is 22.1 Å². The van der Waals surface area contributed by atoms with Crippen molar-refractivity contribution >= 4 is 0 Å². The Kier molecular flexibility index (Phi) is 4.85. The lowest BCUT2D eigenvalue weighted by Crippen LogP contribution is -2.39. The van der Waals surface area contributed by atoms with Gasteiger partial charge in [-0.3, -0.25) is 14.3 Å². The van der Waals surface area contributed by atoms with Crippen LogP contribution in [0, 0.1) is 0 Å². The van der Waals surface area contributed by atoms with E-state index in [-0.39, 0.29) is 18.0 Å². The number of ether oxygens (including phenoxy) is 2. The van der Waals surface area contributed by atoms with Crippen molar-refractivity contribution in [1.82, 2.24) is 14.9 Å². The van der Waals surface area contributed by atoms with Crippen LogP contribution in [-0.2, 0) is 13.0 Å². The smallest absolute Gasteiger partial charge is 0.331 e. The van der Waals surface area contributed by atoms with Crippen LogP contribution in [0.3, 0.4) is 0 Å². The molecule has 1 atom stereocenters. The third kappa shape index (κ3) is 2.88. The standard InChI is InChI=1S/C18H21N3O5/c1-4-7-21-17(23)14(16(22)20-18(21)24)15-11-9-13(26-3)12(25-2)8-10(11)5-6-19-15/h4,8-9,15,19,23H,1,5-7H2,2-3H3,(H,20,22,24). The Bertz CT molecular complexity index is 961. The van der Waals surface area contributed by atoms with E-state index in [2.05, 4.69) is 16.9 Å². The first-order valence-electron chi connectivity index (χ1n) is 8.16. The van der Waals surface area contributed by atoms with Gasteiger partial charge in [-0.2, -0.15) is 0 Å². The van der Waals surface area contributed by atoms with Crippen molar-refractivity contribution in [2.45, 2.75) is 19.0 Å². The number of allylic oxidation sites excluding steroid dienone is 1. The van der Waals surface area contributed by atoms with Gasteiger partial charge < -0.3 is 19.9 Å². The van der Waals surface area contributed by atoms with E-state index in [1.807, 2.05) is 6.07 Å². The molecule has 0 fully saturated rings. The number of benzene rings is 1. The number of hydrogen-bond acceptors (Lipinski definition) is 6. The van der Waals surface area contributed by atoms with Gasteiger partial charge in [-0.05, 0) is 29.7 Å². The molecule has 3 N–H and O–H groups in total. The van der Waals surface area contributed by atoms with Gasteiger partial charge >= 0.3 is 5.69 Å². The van der Waals surface area contributed by atoms with Crippen molar-refractivity contribution in [2.24, 2.45) is 0 Å². The fraction of sp³-hybridized carbons (Fsp3) is 0.333. The fourth-order valence-electron chi connectivity index (χ4n) is 3.27. The topological polar surface area (TPSA) is 106 Å². The molecule has 3 rings (SSSR count). The largest absolute Gasteiger partial charge is 0.494 e. The normalized spacial score (nSPS) is 16.0. The van der Waals surface area contributed by atoms with E-state index in [4.69, 9.17) is 9.47 Å². The molecular formula is C18H21N3O5. The number of methoxy groups -OCH3 is 2. The van der Waals surface area contributed by atoms with E-state index in [1.165, 1.54) is 13.2 Å². The first-order valence-corrected chi connectivity index (χ1v) is 8.16. The second-order valence-corrected chi connectivity index (χ2v) is 5.94. The maximum Gasteiger partial charge on any atom is 0.331 e. The summed E-state index contributed by atoms with van der Waals surface area (Å²) >= 11 is 0. The number of aromatic nitrogens is 2. The predicted molar refractivity (Wildman–Crippen MR) is 96.3 cm³/mol. The second-order valence-electron chi connectivity index (χ2n) is 5.94. The third-order valence-corrected chi connectivity index (χ3v) is 4.51. The van der Waals surface area contributed by atoms with E-state index < -0.39 is 17.3 Å². The molecule has 26 heavy (non-hydrogen) atoms. The number of rotatable bonds is 5.